The summed E-state index contributed by atoms with van der Waals surface area (Å²) in [6, 6.07) is 4.60. The molecule has 34 heavy (non-hydrogen) atoms. The number of hydrogen-bond acceptors (Lipinski definition) is 8. The van der Waals surface area contributed by atoms with Crippen molar-refractivity contribution in [3.63, 3.8) is 0 Å². The van der Waals surface area contributed by atoms with Crippen molar-refractivity contribution >= 4 is 23.0 Å². The lowest BCUT2D eigenvalue weighted by Crippen LogP contribution is -2.40. The highest BCUT2D eigenvalue weighted by Crippen LogP contribution is 2.42. The van der Waals surface area contributed by atoms with E-state index in [0.29, 0.717) is 40.7 Å². The van der Waals surface area contributed by atoms with Gasteiger partial charge in [0.05, 0.1) is 41.4 Å². The summed E-state index contributed by atoms with van der Waals surface area (Å²) in [6.07, 6.45) is 3.51. The zero-order chi connectivity index (χ0) is 24.4. The van der Waals surface area contributed by atoms with Crippen LogP contribution in [-0.2, 0) is 4.79 Å². The molecule has 2 aliphatic rings. The van der Waals surface area contributed by atoms with Gasteiger partial charge in [-0.3, -0.25) is 9.59 Å². The third kappa shape index (κ3) is 4.54. The highest BCUT2D eigenvalue weighted by Gasteiger charge is 2.44. The molecular formula is C25H31N3O5S. The van der Waals surface area contributed by atoms with Crippen molar-refractivity contribution in [3.05, 3.63) is 50.7 Å². The van der Waals surface area contributed by atoms with E-state index in [4.69, 9.17) is 9.47 Å². The molecular weight excluding hydrogens is 454 g/mol. The topological polar surface area (TPSA) is 92.2 Å². The van der Waals surface area contributed by atoms with Gasteiger partial charge < -0.3 is 24.4 Å². The van der Waals surface area contributed by atoms with Crippen LogP contribution < -0.4 is 9.47 Å². The van der Waals surface area contributed by atoms with Gasteiger partial charge in [0.25, 0.3) is 5.91 Å². The summed E-state index contributed by atoms with van der Waals surface area (Å²) < 4.78 is 10.8. The number of rotatable bonds is 8. The first-order valence-electron chi connectivity index (χ1n) is 11.5. The summed E-state index contributed by atoms with van der Waals surface area (Å²) in [5.41, 5.74) is 1.36. The van der Waals surface area contributed by atoms with E-state index in [2.05, 4.69) is 9.88 Å². The van der Waals surface area contributed by atoms with E-state index >= 15 is 0 Å². The molecule has 2 aromatic rings. The molecule has 1 aromatic carbocycles. The van der Waals surface area contributed by atoms with Gasteiger partial charge in [0.1, 0.15) is 0 Å². The average molecular weight is 486 g/mol. The Kier molecular flexibility index (Phi) is 7.23. The Bertz CT molecular complexity index is 1120. The molecule has 4 rings (SSSR count). The highest BCUT2D eigenvalue weighted by atomic mass is 32.1. The molecule has 0 spiro atoms. The predicted octanol–water partition coefficient (Wildman–Crippen LogP) is 3.84. The Balaban J connectivity index is 1.74. The first kappa shape index (κ1) is 24.2. The standard InChI is InChI=1S/C25H31N3O5S/c1-15-24(34-16(2)26-15)22(29)20-21(17-8-9-18(32-3)19(14-17)33-4)28(25(31)23(20)30)13-12-27-10-6-5-7-11-27/h8-9,14,21,30H,5-7,10-13H2,1-4H3. The van der Waals surface area contributed by atoms with Crippen molar-refractivity contribution in [3.8, 4) is 11.5 Å². The van der Waals surface area contributed by atoms with E-state index in [1.807, 2.05) is 13.0 Å². The van der Waals surface area contributed by atoms with E-state index in [1.165, 1.54) is 17.8 Å². The largest absolute Gasteiger partial charge is 0.503 e. The number of ketones is 1. The molecule has 0 saturated carbocycles. The summed E-state index contributed by atoms with van der Waals surface area (Å²) >= 11 is 1.27. The second-order valence-electron chi connectivity index (χ2n) is 8.66. The Labute approximate surface area is 203 Å². The third-order valence-corrected chi connectivity index (χ3v) is 7.56. The lowest BCUT2D eigenvalue weighted by atomic mass is 9.94. The summed E-state index contributed by atoms with van der Waals surface area (Å²) in [6.45, 7) is 6.67. The summed E-state index contributed by atoms with van der Waals surface area (Å²) in [4.78, 5) is 35.6. The zero-order valence-corrected chi connectivity index (χ0v) is 20.9. The van der Waals surface area contributed by atoms with Crippen molar-refractivity contribution in [2.75, 3.05) is 40.4 Å². The van der Waals surface area contributed by atoms with Gasteiger partial charge in [-0.1, -0.05) is 12.5 Å². The number of aromatic nitrogens is 1. The number of Topliss-reactive ketones (excluding diaryl/α,β-unsaturated/α-hetero) is 1. The number of aliphatic hydroxyl groups excluding tert-OH is 1. The number of methoxy groups -OCH3 is 2. The van der Waals surface area contributed by atoms with E-state index < -0.39 is 17.7 Å². The normalized spacial score (nSPS) is 19.1. The number of aliphatic hydroxyl groups is 1. The third-order valence-electron chi connectivity index (χ3n) is 6.49. The van der Waals surface area contributed by atoms with Gasteiger partial charge in [-0.25, -0.2) is 4.98 Å². The predicted molar refractivity (Wildman–Crippen MR) is 130 cm³/mol. The Morgan fingerprint density at radius 3 is 2.44 bits per heavy atom. The molecule has 3 heterocycles. The minimum absolute atomic E-state index is 0.0858. The van der Waals surface area contributed by atoms with E-state index in [0.717, 1.165) is 30.9 Å². The summed E-state index contributed by atoms with van der Waals surface area (Å²) in [5.74, 6) is -0.348. The van der Waals surface area contributed by atoms with E-state index in [1.54, 1.807) is 38.2 Å². The monoisotopic (exact) mass is 485 g/mol. The van der Waals surface area contributed by atoms with Crippen molar-refractivity contribution in [1.82, 2.24) is 14.8 Å². The van der Waals surface area contributed by atoms with Crippen LogP contribution in [0.15, 0.2) is 29.5 Å². The number of likely N-dealkylation sites (tertiary alicyclic amines) is 1. The Morgan fingerprint density at radius 2 is 1.82 bits per heavy atom. The fourth-order valence-corrected chi connectivity index (χ4v) is 5.66. The van der Waals surface area contributed by atoms with Crippen molar-refractivity contribution < 1.29 is 24.2 Å². The Morgan fingerprint density at radius 1 is 1.12 bits per heavy atom. The molecule has 182 valence electrons. The molecule has 1 aromatic heterocycles. The molecule has 1 saturated heterocycles. The fourth-order valence-electron chi connectivity index (χ4n) is 4.78. The number of aryl methyl sites for hydroxylation is 2. The van der Waals surface area contributed by atoms with Gasteiger partial charge in [0.2, 0.25) is 5.78 Å². The molecule has 1 atom stereocenters. The first-order chi connectivity index (χ1) is 16.3. The smallest absolute Gasteiger partial charge is 0.290 e. The number of nitrogens with zero attached hydrogens (tertiary/aromatic N) is 3. The SMILES string of the molecule is COc1ccc(C2C(C(=O)c3sc(C)nc3C)=C(O)C(=O)N2CCN2CCCCC2)cc1OC. The fraction of sp³-hybridized carbons (Fsp3) is 0.480. The lowest BCUT2D eigenvalue weighted by Gasteiger charge is -2.32. The number of hydrogen-bond donors (Lipinski definition) is 1. The van der Waals surface area contributed by atoms with E-state index in [9.17, 15) is 14.7 Å². The number of carbonyl (C=O) groups excluding carboxylic acids is 2. The van der Waals surface area contributed by atoms with Crippen LogP contribution in [0.5, 0.6) is 11.5 Å². The van der Waals surface area contributed by atoms with Crippen molar-refractivity contribution in [2.24, 2.45) is 0 Å². The van der Waals surface area contributed by atoms with E-state index in [-0.39, 0.29) is 11.4 Å². The van der Waals surface area contributed by atoms with Crippen LogP contribution in [0, 0.1) is 13.8 Å². The minimum atomic E-state index is -0.730. The number of thiazole rings is 1. The van der Waals surface area contributed by atoms with Gasteiger partial charge in [-0.05, 0) is 57.5 Å². The summed E-state index contributed by atoms with van der Waals surface area (Å²) in [7, 11) is 3.09. The number of benzene rings is 1. The molecule has 1 N–H and O–H groups in total. The van der Waals surface area contributed by atoms with Crippen molar-refractivity contribution in [2.45, 2.75) is 39.2 Å². The molecule has 8 nitrogen and oxygen atoms in total. The van der Waals surface area contributed by atoms with Crippen LogP contribution >= 0.6 is 11.3 Å². The molecule has 0 bridgehead atoms. The van der Waals surface area contributed by atoms with Crippen LogP contribution in [0.1, 0.15) is 51.2 Å². The molecule has 9 heteroatoms. The van der Waals surface area contributed by atoms with Crippen molar-refractivity contribution in [1.29, 1.82) is 0 Å². The van der Waals surface area contributed by atoms with Gasteiger partial charge in [0, 0.05) is 13.1 Å². The van der Waals surface area contributed by atoms with Gasteiger partial charge in [-0.15, -0.1) is 11.3 Å². The second-order valence-corrected chi connectivity index (χ2v) is 9.86. The number of piperidine rings is 1. The molecule has 1 unspecified atom stereocenters. The maximum Gasteiger partial charge on any atom is 0.290 e. The van der Waals surface area contributed by atoms with Gasteiger partial charge in [0.15, 0.2) is 17.3 Å². The Hall–Kier alpha value is -2.91. The number of carbonyl (C=O) groups is 2. The minimum Gasteiger partial charge on any atom is -0.503 e. The molecule has 0 aliphatic carbocycles. The average Bonchev–Trinajstić information content (AvgIpc) is 3.32. The highest BCUT2D eigenvalue weighted by molar-refractivity contribution is 7.14. The van der Waals surface area contributed by atoms with Gasteiger partial charge in [-0.2, -0.15) is 0 Å². The van der Waals surface area contributed by atoms with Crippen LogP contribution in [0.4, 0.5) is 0 Å². The number of ether oxygens (including phenoxy) is 2. The maximum atomic E-state index is 13.7. The van der Waals surface area contributed by atoms with Crippen LogP contribution in [-0.4, -0.2) is 72.0 Å². The second kappa shape index (κ2) is 10.1. The quantitative estimate of drug-likeness (QED) is 0.568. The van der Waals surface area contributed by atoms with Crippen LogP contribution in [0.2, 0.25) is 0 Å². The van der Waals surface area contributed by atoms with Crippen LogP contribution in [0.25, 0.3) is 0 Å². The first-order valence-corrected chi connectivity index (χ1v) is 12.3. The zero-order valence-electron chi connectivity index (χ0n) is 20.1. The lowest BCUT2D eigenvalue weighted by molar-refractivity contribution is -0.129. The van der Waals surface area contributed by atoms with Gasteiger partial charge >= 0.3 is 0 Å². The maximum absolute atomic E-state index is 13.7. The molecule has 0 radical (unpaired) electrons. The molecule has 2 aliphatic heterocycles. The summed E-state index contributed by atoms with van der Waals surface area (Å²) in [5, 5.41) is 11.7. The molecule has 1 amide bonds. The number of amides is 1. The molecule has 1 fully saturated rings. The van der Waals surface area contributed by atoms with Crippen LogP contribution in [0.3, 0.4) is 0 Å².